The lowest BCUT2D eigenvalue weighted by Gasteiger charge is -2.12. The quantitative estimate of drug-likeness (QED) is 0.517. The molecule has 3 aromatic carbocycles. The van der Waals surface area contributed by atoms with E-state index in [1.165, 1.54) is 16.8 Å². The SMILES string of the molecule is CCOc1ccc(-n2nc(C(=O)NCc3ccc(F)cc3)c3ccccc3c2=O)cc1. The third kappa shape index (κ3) is 4.30. The normalized spacial score (nSPS) is 10.8. The fourth-order valence-electron chi connectivity index (χ4n) is 3.25. The van der Waals surface area contributed by atoms with Crippen molar-refractivity contribution in [2.45, 2.75) is 13.5 Å². The summed E-state index contributed by atoms with van der Waals surface area (Å²) >= 11 is 0. The molecule has 0 aliphatic rings. The summed E-state index contributed by atoms with van der Waals surface area (Å²) in [6.45, 7) is 2.63. The minimum atomic E-state index is -0.430. The summed E-state index contributed by atoms with van der Waals surface area (Å²) in [5.74, 6) is -0.0947. The lowest BCUT2D eigenvalue weighted by Crippen LogP contribution is -2.29. The maximum absolute atomic E-state index is 13.1. The number of amides is 1. The second-order valence-corrected chi connectivity index (χ2v) is 6.85. The van der Waals surface area contributed by atoms with Crippen LogP contribution in [0.5, 0.6) is 5.75 Å². The molecule has 0 spiro atoms. The van der Waals surface area contributed by atoms with Gasteiger partial charge in [-0.1, -0.05) is 30.3 Å². The third-order valence-electron chi connectivity index (χ3n) is 4.78. The highest BCUT2D eigenvalue weighted by atomic mass is 19.1. The Morgan fingerprint density at radius 1 is 1.00 bits per heavy atom. The summed E-state index contributed by atoms with van der Waals surface area (Å²) in [7, 11) is 0. The molecule has 0 atom stereocenters. The van der Waals surface area contributed by atoms with Gasteiger partial charge in [0.15, 0.2) is 5.69 Å². The molecular formula is C24H20FN3O3. The number of halogens is 1. The van der Waals surface area contributed by atoms with Crippen molar-refractivity contribution < 1.29 is 13.9 Å². The van der Waals surface area contributed by atoms with Crippen molar-refractivity contribution in [3.05, 3.63) is 100 Å². The number of carbonyl (C=O) groups is 1. The predicted molar refractivity (Wildman–Crippen MR) is 116 cm³/mol. The Morgan fingerprint density at radius 2 is 1.68 bits per heavy atom. The molecule has 1 heterocycles. The molecule has 7 heteroatoms. The van der Waals surface area contributed by atoms with Crippen LogP contribution in [0.3, 0.4) is 0 Å². The first-order chi connectivity index (χ1) is 15.1. The van der Waals surface area contributed by atoms with Crippen molar-refractivity contribution >= 4 is 16.7 Å². The van der Waals surface area contributed by atoms with Gasteiger partial charge in [0.25, 0.3) is 11.5 Å². The lowest BCUT2D eigenvalue weighted by molar-refractivity contribution is 0.0946. The van der Waals surface area contributed by atoms with Gasteiger partial charge in [-0.3, -0.25) is 9.59 Å². The van der Waals surface area contributed by atoms with Crippen LogP contribution in [-0.2, 0) is 6.54 Å². The van der Waals surface area contributed by atoms with Crippen LogP contribution in [0.15, 0.2) is 77.6 Å². The standard InChI is InChI=1S/C24H20FN3O3/c1-2-31-19-13-11-18(12-14-19)28-24(30)21-6-4-3-5-20(21)22(27-28)23(29)26-15-16-7-9-17(25)10-8-16/h3-14H,2,15H2,1H3,(H,26,29). The summed E-state index contributed by atoms with van der Waals surface area (Å²) < 4.78 is 19.8. The van der Waals surface area contributed by atoms with Gasteiger partial charge in [0, 0.05) is 11.9 Å². The average molecular weight is 417 g/mol. The van der Waals surface area contributed by atoms with Crippen LogP contribution in [0.25, 0.3) is 16.5 Å². The average Bonchev–Trinajstić information content (AvgIpc) is 2.80. The van der Waals surface area contributed by atoms with Crippen molar-refractivity contribution in [3.63, 3.8) is 0 Å². The third-order valence-corrected chi connectivity index (χ3v) is 4.78. The van der Waals surface area contributed by atoms with Gasteiger partial charge in [-0.15, -0.1) is 0 Å². The van der Waals surface area contributed by atoms with Crippen molar-refractivity contribution in [2.24, 2.45) is 0 Å². The van der Waals surface area contributed by atoms with E-state index in [0.29, 0.717) is 28.8 Å². The number of nitrogens with one attached hydrogen (secondary N) is 1. The number of hydrogen-bond donors (Lipinski definition) is 1. The molecule has 0 unspecified atom stereocenters. The number of hydrogen-bond acceptors (Lipinski definition) is 4. The molecule has 0 aliphatic carbocycles. The van der Waals surface area contributed by atoms with Gasteiger partial charge in [-0.05, 0) is 55.0 Å². The Hall–Kier alpha value is -4.00. The topological polar surface area (TPSA) is 73.2 Å². The van der Waals surface area contributed by atoms with Crippen molar-refractivity contribution in [2.75, 3.05) is 6.61 Å². The van der Waals surface area contributed by atoms with E-state index < -0.39 is 5.91 Å². The molecule has 1 amide bonds. The van der Waals surface area contributed by atoms with E-state index >= 15 is 0 Å². The first-order valence-corrected chi connectivity index (χ1v) is 9.85. The largest absolute Gasteiger partial charge is 0.494 e. The molecule has 0 saturated carbocycles. The molecule has 1 N–H and O–H groups in total. The minimum Gasteiger partial charge on any atom is -0.494 e. The van der Waals surface area contributed by atoms with E-state index in [9.17, 15) is 14.0 Å². The lowest BCUT2D eigenvalue weighted by atomic mass is 10.1. The number of ether oxygens (including phenoxy) is 1. The van der Waals surface area contributed by atoms with Gasteiger partial charge in [-0.2, -0.15) is 9.78 Å². The van der Waals surface area contributed by atoms with Crippen LogP contribution in [0.1, 0.15) is 23.0 Å². The molecule has 4 aromatic rings. The molecule has 0 fully saturated rings. The summed E-state index contributed by atoms with van der Waals surface area (Å²) in [5, 5.41) is 8.01. The first kappa shape index (κ1) is 20.3. The summed E-state index contributed by atoms with van der Waals surface area (Å²) in [5.41, 5.74) is 1.08. The fourth-order valence-corrected chi connectivity index (χ4v) is 3.25. The zero-order valence-corrected chi connectivity index (χ0v) is 16.8. The van der Waals surface area contributed by atoms with Crippen molar-refractivity contribution in [3.8, 4) is 11.4 Å². The van der Waals surface area contributed by atoms with E-state index in [0.717, 1.165) is 5.56 Å². The molecule has 0 aliphatic heterocycles. The second-order valence-electron chi connectivity index (χ2n) is 6.85. The van der Waals surface area contributed by atoms with Gasteiger partial charge in [0.2, 0.25) is 0 Å². The summed E-state index contributed by atoms with van der Waals surface area (Å²) in [4.78, 5) is 26.0. The molecule has 0 saturated heterocycles. The van der Waals surface area contributed by atoms with Crippen molar-refractivity contribution in [1.29, 1.82) is 0 Å². The first-order valence-electron chi connectivity index (χ1n) is 9.85. The molecule has 1 aromatic heterocycles. The van der Waals surface area contributed by atoms with Gasteiger partial charge in [0.05, 0.1) is 17.7 Å². The zero-order chi connectivity index (χ0) is 21.8. The Bertz CT molecular complexity index is 1280. The van der Waals surface area contributed by atoms with Crippen LogP contribution < -0.4 is 15.6 Å². The van der Waals surface area contributed by atoms with Gasteiger partial charge in [-0.25, -0.2) is 4.39 Å². The summed E-state index contributed by atoms with van der Waals surface area (Å²) in [6, 6.07) is 19.6. The smallest absolute Gasteiger partial charge is 0.279 e. The maximum Gasteiger partial charge on any atom is 0.279 e. The van der Waals surface area contributed by atoms with Crippen LogP contribution in [0, 0.1) is 5.82 Å². The number of fused-ring (bicyclic) bond motifs is 1. The minimum absolute atomic E-state index is 0.131. The van der Waals surface area contributed by atoms with Crippen LogP contribution in [0.4, 0.5) is 4.39 Å². The molecule has 156 valence electrons. The molecule has 0 bridgehead atoms. The fraction of sp³-hybridized carbons (Fsp3) is 0.125. The molecular weight excluding hydrogens is 397 g/mol. The maximum atomic E-state index is 13.1. The summed E-state index contributed by atoms with van der Waals surface area (Å²) in [6.07, 6.45) is 0. The van der Waals surface area contributed by atoms with Crippen molar-refractivity contribution in [1.82, 2.24) is 15.1 Å². The van der Waals surface area contributed by atoms with E-state index in [2.05, 4.69) is 10.4 Å². The van der Waals surface area contributed by atoms with E-state index in [1.807, 2.05) is 6.92 Å². The van der Waals surface area contributed by atoms with Gasteiger partial charge < -0.3 is 10.1 Å². The number of nitrogens with zero attached hydrogens (tertiary/aromatic N) is 2. The van der Waals surface area contributed by atoms with Gasteiger partial charge in [0.1, 0.15) is 11.6 Å². The van der Waals surface area contributed by atoms with Crippen LogP contribution >= 0.6 is 0 Å². The van der Waals surface area contributed by atoms with Crippen LogP contribution in [-0.4, -0.2) is 22.3 Å². The molecule has 0 radical (unpaired) electrons. The van der Waals surface area contributed by atoms with E-state index in [1.54, 1.807) is 60.7 Å². The molecule has 31 heavy (non-hydrogen) atoms. The number of carbonyl (C=O) groups excluding carboxylic acids is 1. The predicted octanol–water partition coefficient (Wildman–Crippen LogP) is 3.85. The zero-order valence-electron chi connectivity index (χ0n) is 16.8. The van der Waals surface area contributed by atoms with E-state index in [-0.39, 0.29) is 23.6 Å². The monoisotopic (exact) mass is 417 g/mol. The van der Waals surface area contributed by atoms with Gasteiger partial charge >= 0.3 is 0 Å². The molecule has 6 nitrogen and oxygen atoms in total. The van der Waals surface area contributed by atoms with E-state index in [4.69, 9.17) is 4.74 Å². The Balaban J connectivity index is 1.72. The Morgan fingerprint density at radius 3 is 2.35 bits per heavy atom. The Kier molecular flexibility index (Phi) is 5.75. The highest BCUT2D eigenvalue weighted by Gasteiger charge is 2.17. The Labute approximate surface area is 177 Å². The number of rotatable bonds is 6. The van der Waals surface area contributed by atoms with Crippen LogP contribution in [0.2, 0.25) is 0 Å². The highest BCUT2D eigenvalue weighted by molar-refractivity contribution is 6.04. The molecule has 4 rings (SSSR count). The number of aromatic nitrogens is 2. The number of benzene rings is 3. The second kappa shape index (κ2) is 8.79. The highest BCUT2D eigenvalue weighted by Crippen LogP contribution is 2.18.